The van der Waals surface area contributed by atoms with Gasteiger partial charge in [-0.3, -0.25) is 14.0 Å². The molecule has 0 radical (unpaired) electrons. The minimum absolute atomic E-state index is 0.0656. The van der Waals surface area contributed by atoms with E-state index >= 15 is 0 Å². The summed E-state index contributed by atoms with van der Waals surface area (Å²) in [6, 6.07) is 11.0. The first kappa shape index (κ1) is 16.7. The van der Waals surface area contributed by atoms with E-state index in [0.29, 0.717) is 29.2 Å². The lowest BCUT2D eigenvalue weighted by Gasteiger charge is -2.11. The predicted octanol–water partition coefficient (Wildman–Crippen LogP) is 3.55. The summed E-state index contributed by atoms with van der Waals surface area (Å²) in [7, 11) is 0. The molecule has 6 heteroatoms. The van der Waals surface area contributed by atoms with E-state index in [0.717, 1.165) is 11.2 Å². The van der Waals surface area contributed by atoms with Gasteiger partial charge in [-0.05, 0) is 43.7 Å². The number of imidazole rings is 1. The topological polar surface area (TPSA) is 75.5 Å². The number of benzene rings is 1. The number of nitrogens with zero attached hydrogens (tertiary/aromatic N) is 2. The minimum atomic E-state index is -0.243. The summed E-state index contributed by atoms with van der Waals surface area (Å²) in [5, 5.41) is 5.73. The third-order valence-electron chi connectivity index (χ3n) is 4.01. The van der Waals surface area contributed by atoms with E-state index in [-0.39, 0.29) is 11.8 Å². The standard InChI is InChI=1S/C19H20N4O2/c1-4-17(24)22-15-11-14(9-8-12(15)2)21-19(25)18-13(3)20-16-7-5-6-10-23(16)18/h5-11H,4H2,1-3H3,(H,21,25)(H,22,24). The number of carbonyl (C=O) groups excluding carboxylic acids is 2. The molecule has 2 amide bonds. The summed E-state index contributed by atoms with van der Waals surface area (Å²) in [4.78, 5) is 28.8. The van der Waals surface area contributed by atoms with Gasteiger partial charge in [-0.1, -0.05) is 19.1 Å². The minimum Gasteiger partial charge on any atom is -0.326 e. The van der Waals surface area contributed by atoms with Gasteiger partial charge in [-0.15, -0.1) is 0 Å². The Kier molecular flexibility index (Phi) is 4.52. The highest BCUT2D eigenvalue weighted by Gasteiger charge is 2.16. The lowest BCUT2D eigenvalue weighted by molar-refractivity contribution is -0.115. The van der Waals surface area contributed by atoms with Crippen molar-refractivity contribution in [2.45, 2.75) is 27.2 Å². The van der Waals surface area contributed by atoms with E-state index in [9.17, 15) is 9.59 Å². The first-order valence-corrected chi connectivity index (χ1v) is 8.15. The summed E-state index contributed by atoms with van der Waals surface area (Å²) in [6.07, 6.45) is 2.21. The SMILES string of the molecule is CCC(=O)Nc1cc(NC(=O)c2c(C)nc3ccccn23)ccc1C. The van der Waals surface area contributed by atoms with Crippen LogP contribution in [0.4, 0.5) is 11.4 Å². The van der Waals surface area contributed by atoms with Crippen LogP contribution in [0.5, 0.6) is 0 Å². The Hall–Kier alpha value is -3.15. The number of amides is 2. The molecule has 0 atom stereocenters. The number of hydrogen-bond acceptors (Lipinski definition) is 3. The van der Waals surface area contributed by atoms with Crippen molar-refractivity contribution < 1.29 is 9.59 Å². The van der Waals surface area contributed by atoms with E-state index in [1.54, 1.807) is 17.4 Å². The van der Waals surface area contributed by atoms with Gasteiger partial charge in [0.2, 0.25) is 5.91 Å². The monoisotopic (exact) mass is 336 g/mol. The molecule has 6 nitrogen and oxygen atoms in total. The highest BCUT2D eigenvalue weighted by molar-refractivity contribution is 6.05. The highest BCUT2D eigenvalue weighted by Crippen LogP contribution is 2.22. The van der Waals surface area contributed by atoms with Crippen molar-refractivity contribution in [1.29, 1.82) is 0 Å². The van der Waals surface area contributed by atoms with Crippen LogP contribution < -0.4 is 10.6 Å². The third-order valence-corrected chi connectivity index (χ3v) is 4.01. The number of carbonyl (C=O) groups is 2. The number of aromatic nitrogens is 2. The van der Waals surface area contributed by atoms with E-state index in [1.807, 2.05) is 50.4 Å². The van der Waals surface area contributed by atoms with Gasteiger partial charge >= 0.3 is 0 Å². The average Bonchev–Trinajstić information content (AvgIpc) is 2.93. The molecule has 0 saturated heterocycles. The van der Waals surface area contributed by atoms with Crippen molar-refractivity contribution in [2.75, 3.05) is 10.6 Å². The van der Waals surface area contributed by atoms with Crippen LogP contribution in [0.15, 0.2) is 42.6 Å². The van der Waals surface area contributed by atoms with Gasteiger partial charge in [-0.2, -0.15) is 0 Å². The molecule has 0 bridgehead atoms. The molecular formula is C19H20N4O2. The van der Waals surface area contributed by atoms with Gasteiger partial charge in [-0.25, -0.2) is 4.98 Å². The molecule has 0 aliphatic rings. The fraction of sp³-hybridized carbons (Fsp3) is 0.211. The van der Waals surface area contributed by atoms with Crippen LogP contribution >= 0.6 is 0 Å². The summed E-state index contributed by atoms with van der Waals surface area (Å²) in [5.41, 5.74) is 4.13. The van der Waals surface area contributed by atoms with Crippen LogP contribution in [0.25, 0.3) is 5.65 Å². The van der Waals surface area contributed by atoms with E-state index < -0.39 is 0 Å². The fourth-order valence-electron chi connectivity index (χ4n) is 2.65. The number of hydrogen-bond donors (Lipinski definition) is 2. The average molecular weight is 336 g/mol. The highest BCUT2D eigenvalue weighted by atomic mass is 16.2. The lowest BCUT2D eigenvalue weighted by Crippen LogP contribution is -2.16. The summed E-state index contributed by atoms with van der Waals surface area (Å²) < 4.78 is 1.76. The number of fused-ring (bicyclic) bond motifs is 1. The molecule has 3 rings (SSSR count). The van der Waals surface area contributed by atoms with Gasteiger partial charge in [0.15, 0.2) is 0 Å². The second kappa shape index (κ2) is 6.76. The normalized spacial score (nSPS) is 10.7. The predicted molar refractivity (Wildman–Crippen MR) is 98.0 cm³/mol. The number of aryl methyl sites for hydroxylation is 2. The van der Waals surface area contributed by atoms with E-state index in [4.69, 9.17) is 0 Å². The zero-order valence-electron chi connectivity index (χ0n) is 14.5. The number of nitrogens with one attached hydrogen (secondary N) is 2. The zero-order valence-corrected chi connectivity index (χ0v) is 14.5. The molecule has 0 spiro atoms. The molecule has 0 aliphatic carbocycles. The van der Waals surface area contributed by atoms with Crippen molar-refractivity contribution in [2.24, 2.45) is 0 Å². The molecule has 1 aromatic carbocycles. The Bertz CT molecular complexity index is 959. The van der Waals surface area contributed by atoms with Crippen molar-refractivity contribution in [3.8, 4) is 0 Å². The molecule has 0 unspecified atom stereocenters. The van der Waals surface area contributed by atoms with Crippen LogP contribution in [0.1, 0.15) is 35.1 Å². The Morgan fingerprint density at radius 1 is 1.12 bits per heavy atom. The maximum Gasteiger partial charge on any atom is 0.274 e. The molecule has 0 fully saturated rings. The number of anilines is 2. The Morgan fingerprint density at radius 3 is 2.68 bits per heavy atom. The molecule has 2 N–H and O–H groups in total. The number of pyridine rings is 1. The van der Waals surface area contributed by atoms with Crippen LogP contribution in [-0.4, -0.2) is 21.2 Å². The third kappa shape index (κ3) is 3.38. The second-order valence-corrected chi connectivity index (χ2v) is 5.86. The maximum atomic E-state index is 12.7. The zero-order chi connectivity index (χ0) is 18.0. The lowest BCUT2D eigenvalue weighted by atomic mass is 10.1. The van der Waals surface area contributed by atoms with Gasteiger partial charge in [0.05, 0.1) is 5.69 Å². The number of rotatable bonds is 4. The summed E-state index contributed by atoms with van der Waals surface area (Å²) in [5.74, 6) is -0.308. The molecule has 25 heavy (non-hydrogen) atoms. The van der Waals surface area contributed by atoms with E-state index in [1.165, 1.54) is 0 Å². The van der Waals surface area contributed by atoms with Gasteiger partial charge < -0.3 is 10.6 Å². The molecule has 128 valence electrons. The summed E-state index contributed by atoms with van der Waals surface area (Å²) in [6.45, 7) is 5.51. The fourth-order valence-corrected chi connectivity index (χ4v) is 2.65. The van der Waals surface area contributed by atoms with Crippen LogP contribution in [0.3, 0.4) is 0 Å². The Balaban J connectivity index is 1.89. The Morgan fingerprint density at radius 2 is 1.92 bits per heavy atom. The van der Waals surface area contributed by atoms with Gasteiger partial charge in [0.1, 0.15) is 11.3 Å². The van der Waals surface area contributed by atoms with Crippen molar-refractivity contribution in [1.82, 2.24) is 9.38 Å². The van der Waals surface area contributed by atoms with Crippen molar-refractivity contribution in [3.63, 3.8) is 0 Å². The molecule has 3 aromatic rings. The first-order valence-electron chi connectivity index (χ1n) is 8.15. The molecule has 2 heterocycles. The van der Waals surface area contributed by atoms with Crippen molar-refractivity contribution in [3.05, 3.63) is 59.5 Å². The molecule has 0 saturated carbocycles. The second-order valence-electron chi connectivity index (χ2n) is 5.86. The molecule has 0 aliphatic heterocycles. The van der Waals surface area contributed by atoms with Crippen LogP contribution in [0, 0.1) is 13.8 Å². The van der Waals surface area contributed by atoms with E-state index in [2.05, 4.69) is 15.6 Å². The van der Waals surface area contributed by atoms with Crippen molar-refractivity contribution >= 4 is 28.8 Å². The summed E-state index contributed by atoms with van der Waals surface area (Å²) >= 11 is 0. The maximum absolute atomic E-state index is 12.7. The Labute approximate surface area is 145 Å². The molecule has 2 aromatic heterocycles. The van der Waals surface area contributed by atoms with Crippen LogP contribution in [0.2, 0.25) is 0 Å². The smallest absolute Gasteiger partial charge is 0.274 e. The quantitative estimate of drug-likeness (QED) is 0.765. The van der Waals surface area contributed by atoms with Gasteiger partial charge in [0, 0.05) is 24.0 Å². The van der Waals surface area contributed by atoms with Gasteiger partial charge in [0.25, 0.3) is 5.91 Å². The molecular weight excluding hydrogens is 316 g/mol. The first-order chi connectivity index (χ1) is 12.0. The van der Waals surface area contributed by atoms with Crippen LogP contribution in [-0.2, 0) is 4.79 Å². The largest absolute Gasteiger partial charge is 0.326 e.